The third-order valence-corrected chi connectivity index (χ3v) is 2.71. The Morgan fingerprint density at radius 2 is 1.79 bits per heavy atom. The smallest absolute Gasteiger partial charge is 0.133 e. The number of hydrogen-bond acceptors (Lipinski definition) is 3. The zero-order valence-corrected chi connectivity index (χ0v) is 11.2. The highest BCUT2D eigenvalue weighted by Gasteiger charge is 2.09. The highest BCUT2D eigenvalue weighted by molar-refractivity contribution is 5.41. The average molecular weight is 258 g/mol. The van der Waals surface area contributed by atoms with Crippen LogP contribution in [-0.4, -0.2) is 11.7 Å². The number of hydrogen-bond donors (Lipinski definition) is 1. The van der Waals surface area contributed by atoms with Crippen LogP contribution in [0.3, 0.4) is 0 Å². The maximum Gasteiger partial charge on any atom is 0.133 e. The van der Waals surface area contributed by atoms with Gasteiger partial charge in [0.15, 0.2) is 0 Å². The summed E-state index contributed by atoms with van der Waals surface area (Å²) in [5, 5.41) is 9.72. The third kappa shape index (κ3) is 3.48. The van der Waals surface area contributed by atoms with E-state index in [1.807, 2.05) is 55.5 Å². The lowest BCUT2D eigenvalue weighted by Crippen LogP contribution is -1.96. The molecule has 0 aromatic heterocycles. The molecule has 0 aliphatic rings. The summed E-state index contributed by atoms with van der Waals surface area (Å²) in [4.78, 5) is 0. The highest BCUT2D eigenvalue weighted by Crippen LogP contribution is 2.30. The maximum atomic E-state index is 9.72. The van der Waals surface area contributed by atoms with Crippen molar-refractivity contribution in [2.45, 2.75) is 20.0 Å². The van der Waals surface area contributed by atoms with Crippen LogP contribution in [0.2, 0.25) is 0 Å². The molecule has 1 N–H and O–H groups in total. The van der Waals surface area contributed by atoms with E-state index in [2.05, 4.69) is 0 Å². The fourth-order valence-corrected chi connectivity index (χ4v) is 1.84. The number of benzene rings is 2. The summed E-state index contributed by atoms with van der Waals surface area (Å²) in [6.07, 6.45) is -0.564. The van der Waals surface area contributed by atoms with Gasteiger partial charge < -0.3 is 14.6 Å². The molecule has 0 radical (unpaired) electrons. The second-order valence-electron chi connectivity index (χ2n) is 4.22. The van der Waals surface area contributed by atoms with Gasteiger partial charge in [0.05, 0.1) is 12.7 Å². The summed E-state index contributed by atoms with van der Waals surface area (Å²) in [6.45, 7) is 4.28. The van der Waals surface area contributed by atoms with E-state index in [0.29, 0.717) is 18.1 Å². The molecule has 3 nitrogen and oxygen atoms in total. The van der Waals surface area contributed by atoms with E-state index in [4.69, 9.17) is 9.47 Å². The van der Waals surface area contributed by atoms with E-state index in [9.17, 15) is 5.11 Å². The van der Waals surface area contributed by atoms with Crippen LogP contribution in [-0.2, 0) is 0 Å². The van der Waals surface area contributed by atoms with Crippen molar-refractivity contribution in [1.82, 2.24) is 0 Å². The number of aliphatic hydroxyl groups is 1. The predicted molar refractivity (Wildman–Crippen MR) is 74.8 cm³/mol. The second-order valence-corrected chi connectivity index (χ2v) is 4.22. The normalized spacial score (nSPS) is 11.9. The number of para-hydroxylation sites is 1. The van der Waals surface area contributed by atoms with E-state index >= 15 is 0 Å². The molecule has 2 rings (SSSR count). The van der Waals surface area contributed by atoms with Gasteiger partial charge in [-0.2, -0.15) is 0 Å². The van der Waals surface area contributed by atoms with Crippen LogP contribution < -0.4 is 9.47 Å². The molecule has 0 saturated heterocycles. The molecule has 0 aliphatic carbocycles. The van der Waals surface area contributed by atoms with Crippen molar-refractivity contribution in [1.29, 1.82) is 0 Å². The van der Waals surface area contributed by atoms with Gasteiger partial charge >= 0.3 is 0 Å². The number of ether oxygens (including phenoxy) is 2. The van der Waals surface area contributed by atoms with Crippen molar-refractivity contribution >= 4 is 0 Å². The quantitative estimate of drug-likeness (QED) is 0.883. The Bertz CT molecular complexity index is 535. The SMILES string of the molecule is CCOc1cccc(Oc2ccccc2C(C)O)c1. The van der Waals surface area contributed by atoms with Crippen LogP contribution >= 0.6 is 0 Å². The zero-order valence-electron chi connectivity index (χ0n) is 11.2. The molecule has 19 heavy (non-hydrogen) atoms. The van der Waals surface area contributed by atoms with Crippen LogP contribution in [0.5, 0.6) is 17.2 Å². The molecular weight excluding hydrogens is 240 g/mol. The largest absolute Gasteiger partial charge is 0.494 e. The van der Waals surface area contributed by atoms with Gasteiger partial charge in [0.2, 0.25) is 0 Å². The topological polar surface area (TPSA) is 38.7 Å². The van der Waals surface area contributed by atoms with E-state index in [0.717, 1.165) is 11.3 Å². The molecule has 100 valence electrons. The monoisotopic (exact) mass is 258 g/mol. The molecule has 0 bridgehead atoms. The first-order valence-electron chi connectivity index (χ1n) is 6.38. The average Bonchev–Trinajstić information content (AvgIpc) is 2.40. The molecule has 0 heterocycles. The fourth-order valence-electron chi connectivity index (χ4n) is 1.84. The minimum absolute atomic E-state index is 0.564. The van der Waals surface area contributed by atoms with Gasteiger partial charge in [0.25, 0.3) is 0 Å². The molecule has 0 aliphatic heterocycles. The Morgan fingerprint density at radius 3 is 2.53 bits per heavy atom. The lowest BCUT2D eigenvalue weighted by molar-refractivity contribution is 0.195. The lowest BCUT2D eigenvalue weighted by atomic mass is 10.1. The van der Waals surface area contributed by atoms with Crippen molar-refractivity contribution in [3.05, 3.63) is 54.1 Å². The summed E-state index contributed by atoms with van der Waals surface area (Å²) in [6, 6.07) is 14.9. The van der Waals surface area contributed by atoms with Gasteiger partial charge in [-0.15, -0.1) is 0 Å². The van der Waals surface area contributed by atoms with Crippen LogP contribution in [0.25, 0.3) is 0 Å². The van der Waals surface area contributed by atoms with Gasteiger partial charge in [-0.3, -0.25) is 0 Å². The second kappa shape index (κ2) is 6.25. The Morgan fingerprint density at radius 1 is 1.05 bits per heavy atom. The minimum Gasteiger partial charge on any atom is -0.494 e. The molecule has 0 spiro atoms. The fraction of sp³-hybridized carbons (Fsp3) is 0.250. The van der Waals surface area contributed by atoms with E-state index in [-0.39, 0.29) is 0 Å². The predicted octanol–water partition coefficient (Wildman–Crippen LogP) is 3.93. The standard InChI is InChI=1S/C16H18O3/c1-3-18-13-7-6-8-14(11-13)19-16-10-5-4-9-15(16)12(2)17/h4-12,17H,3H2,1-2H3. The van der Waals surface area contributed by atoms with Crippen LogP contribution in [0.4, 0.5) is 0 Å². The summed E-state index contributed by atoms with van der Waals surface area (Å²) < 4.78 is 11.3. The van der Waals surface area contributed by atoms with Crippen molar-refractivity contribution in [3.63, 3.8) is 0 Å². The molecule has 0 amide bonds. The minimum atomic E-state index is -0.564. The molecule has 3 heteroatoms. The van der Waals surface area contributed by atoms with Gasteiger partial charge in [-0.25, -0.2) is 0 Å². The zero-order chi connectivity index (χ0) is 13.7. The van der Waals surface area contributed by atoms with Gasteiger partial charge in [0.1, 0.15) is 17.2 Å². The Labute approximate surface area is 113 Å². The van der Waals surface area contributed by atoms with E-state index in [1.165, 1.54) is 0 Å². The summed E-state index contributed by atoms with van der Waals surface area (Å²) >= 11 is 0. The Kier molecular flexibility index (Phi) is 4.42. The van der Waals surface area contributed by atoms with Crippen LogP contribution in [0.1, 0.15) is 25.5 Å². The van der Waals surface area contributed by atoms with E-state index < -0.39 is 6.10 Å². The van der Waals surface area contributed by atoms with Gasteiger partial charge in [-0.05, 0) is 32.0 Å². The molecule has 0 saturated carbocycles. The molecule has 1 atom stereocenters. The van der Waals surface area contributed by atoms with Crippen molar-refractivity contribution in [3.8, 4) is 17.2 Å². The Balaban J connectivity index is 2.23. The number of aliphatic hydroxyl groups excluding tert-OH is 1. The molecule has 2 aromatic carbocycles. The van der Waals surface area contributed by atoms with E-state index in [1.54, 1.807) is 6.92 Å². The molecule has 0 fully saturated rings. The number of rotatable bonds is 5. The first-order valence-corrected chi connectivity index (χ1v) is 6.38. The van der Waals surface area contributed by atoms with Crippen molar-refractivity contribution in [2.24, 2.45) is 0 Å². The lowest BCUT2D eigenvalue weighted by Gasteiger charge is -2.13. The van der Waals surface area contributed by atoms with Crippen molar-refractivity contribution < 1.29 is 14.6 Å². The summed E-state index contributed by atoms with van der Waals surface area (Å²) in [5.74, 6) is 2.12. The Hall–Kier alpha value is -2.00. The molecule has 1 unspecified atom stereocenters. The molecular formula is C16H18O3. The van der Waals surface area contributed by atoms with Gasteiger partial charge in [-0.1, -0.05) is 24.3 Å². The highest BCUT2D eigenvalue weighted by atomic mass is 16.5. The first-order chi connectivity index (χ1) is 9.20. The summed E-state index contributed by atoms with van der Waals surface area (Å²) in [7, 11) is 0. The van der Waals surface area contributed by atoms with Crippen LogP contribution in [0.15, 0.2) is 48.5 Å². The van der Waals surface area contributed by atoms with Crippen LogP contribution in [0, 0.1) is 0 Å². The maximum absolute atomic E-state index is 9.72. The van der Waals surface area contributed by atoms with Crippen molar-refractivity contribution in [2.75, 3.05) is 6.61 Å². The third-order valence-electron chi connectivity index (χ3n) is 2.71. The first kappa shape index (κ1) is 13.4. The molecule has 2 aromatic rings. The van der Waals surface area contributed by atoms with Gasteiger partial charge in [0, 0.05) is 11.6 Å². The summed E-state index contributed by atoms with van der Waals surface area (Å²) in [5.41, 5.74) is 0.768.